The first-order valence-electron chi connectivity index (χ1n) is 12.9. The summed E-state index contributed by atoms with van der Waals surface area (Å²) in [5.74, 6) is 0.689. The summed E-state index contributed by atoms with van der Waals surface area (Å²) in [5, 5.41) is 19.2. The van der Waals surface area contributed by atoms with E-state index >= 15 is 0 Å². The van der Waals surface area contributed by atoms with Gasteiger partial charge in [-0.15, -0.1) is 0 Å². The second-order valence-corrected chi connectivity index (χ2v) is 10.8. The van der Waals surface area contributed by atoms with Crippen LogP contribution in [0.25, 0.3) is 0 Å². The molecule has 11 heteroatoms. The van der Waals surface area contributed by atoms with Crippen LogP contribution in [0, 0.1) is 11.3 Å². The van der Waals surface area contributed by atoms with Gasteiger partial charge in [0.15, 0.2) is 5.82 Å². The monoisotopic (exact) mass is 537 g/mol. The summed E-state index contributed by atoms with van der Waals surface area (Å²) >= 11 is 6.46. The molecular weight excluding hydrogens is 502 g/mol. The Morgan fingerprint density at radius 1 is 1.16 bits per heavy atom. The number of benzene rings is 1. The number of hydrogen-bond acceptors (Lipinski definition) is 9. The van der Waals surface area contributed by atoms with Crippen molar-refractivity contribution in [1.29, 1.82) is 5.26 Å². The molecule has 2 aliphatic heterocycles. The summed E-state index contributed by atoms with van der Waals surface area (Å²) in [6.45, 7) is 9.18. The first-order chi connectivity index (χ1) is 18.2. The summed E-state index contributed by atoms with van der Waals surface area (Å²) in [6.07, 6.45) is 3.95. The summed E-state index contributed by atoms with van der Waals surface area (Å²) in [4.78, 5) is 28.5. The Hall–Kier alpha value is -3.39. The van der Waals surface area contributed by atoms with E-state index in [0.29, 0.717) is 29.9 Å². The van der Waals surface area contributed by atoms with Gasteiger partial charge >= 0.3 is 0 Å². The molecule has 3 heterocycles. The highest BCUT2D eigenvalue weighted by atomic mass is 35.5. The fourth-order valence-corrected chi connectivity index (χ4v) is 4.72. The average molecular weight is 538 g/mol. The maximum absolute atomic E-state index is 12.7. The molecule has 38 heavy (non-hydrogen) atoms. The van der Waals surface area contributed by atoms with Crippen LogP contribution >= 0.6 is 11.6 Å². The minimum Gasteiger partial charge on any atom is -0.369 e. The summed E-state index contributed by atoms with van der Waals surface area (Å²) in [6, 6.07) is 10.2. The van der Waals surface area contributed by atoms with E-state index in [-0.39, 0.29) is 17.5 Å². The molecule has 2 saturated heterocycles. The number of likely N-dealkylation sites (N-methyl/N-ethyl adjacent to an activating group) is 2. The van der Waals surface area contributed by atoms with Crippen molar-refractivity contribution in [3.63, 3.8) is 0 Å². The van der Waals surface area contributed by atoms with Gasteiger partial charge in [-0.2, -0.15) is 10.2 Å². The third-order valence-corrected chi connectivity index (χ3v) is 7.32. The van der Waals surface area contributed by atoms with Gasteiger partial charge in [0.1, 0.15) is 16.7 Å². The predicted octanol–water partition coefficient (Wildman–Crippen LogP) is 2.77. The molecule has 10 nitrogen and oxygen atoms in total. The molecule has 2 fully saturated rings. The highest BCUT2D eigenvalue weighted by molar-refractivity contribution is 6.32. The molecule has 3 N–H and O–H groups in total. The first kappa shape index (κ1) is 27.6. The number of piperazine rings is 1. The summed E-state index contributed by atoms with van der Waals surface area (Å²) < 4.78 is 0. The minimum absolute atomic E-state index is 0.0907. The Morgan fingerprint density at radius 3 is 2.53 bits per heavy atom. The number of nitriles is 1. The number of nitrogens with one attached hydrogen (secondary N) is 3. The van der Waals surface area contributed by atoms with Crippen molar-refractivity contribution < 1.29 is 4.79 Å². The number of carbonyl (C=O) groups is 1. The lowest BCUT2D eigenvalue weighted by atomic mass is 10.0. The fourth-order valence-electron chi connectivity index (χ4n) is 4.50. The number of amides is 1. The van der Waals surface area contributed by atoms with Crippen LogP contribution in [0.4, 0.5) is 23.1 Å². The Kier molecular flexibility index (Phi) is 8.72. The predicted molar refractivity (Wildman–Crippen MR) is 152 cm³/mol. The van der Waals surface area contributed by atoms with Gasteiger partial charge in [-0.25, -0.2) is 4.98 Å². The number of hydrogen-bond donors (Lipinski definition) is 3. The van der Waals surface area contributed by atoms with Crippen LogP contribution in [0.3, 0.4) is 0 Å². The van der Waals surface area contributed by atoms with Crippen LogP contribution in [0.5, 0.6) is 0 Å². The molecule has 1 atom stereocenters. The molecule has 1 aromatic carbocycles. The smallest absolute Gasteiger partial charge is 0.261 e. The molecule has 0 saturated carbocycles. The van der Waals surface area contributed by atoms with E-state index in [9.17, 15) is 10.1 Å². The zero-order valence-corrected chi connectivity index (χ0v) is 23.2. The second-order valence-electron chi connectivity index (χ2n) is 10.4. The lowest BCUT2D eigenvalue weighted by molar-refractivity contribution is -0.117. The Bertz CT molecular complexity index is 1200. The normalized spacial score (nSPS) is 18.8. The quantitative estimate of drug-likeness (QED) is 0.345. The zero-order valence-electron chi connectivity index (χ0n) is 22.5. The van der Waals surface area contributed by atoms with Crippen LogP contribution in [-0.2, 0) is 4.79 Å². The number of rotatable bonds is 8. The maximum Gasteiger partial charge on any atom is 0.261 e. The molecular formula is C27H36ClN9O. The lowest BCUT2D eigenvalue weighted by Gasteiger charge is -2.34. The first-order valence-corrected chi connectivity index (χ1v) is 13.3. The van der Waals surface area contributed by atoms with Crippen LogP contribution < -0.4 is 25.8 Å². The van der Waals surface area contributed by atoms with Crippen molar-refractivity contribution in [2.75, 3.05) is 68.5 Å². The van der Waals surface area contributed by atoms with E-state index in [0.717, 1.165) is 38.3 Å². The number of nitrogens with zero attached hydrogens (tertiary/aromatic N) is 6. The fraction of sp³-hybridized carbons (Fsp3) is 0.481. The number of anilines is 4. The molecule has 2 aliphatic rings. The van der Waals surface area contributed by atoms with Crippen LogP contribution in [0.2, 0.25) is 5.02 Å². The van der Waals surface area contributed by atoms with Crippen LogP contribution in [-0.4, -0.2) is 85.7 Å². The van der Waals surface area contributed by atoms with Gasteiger partial charge in [0.25, 0.3) is 5.91 Å². The Morgan fingerprint density at radius 2 is 1.87 bits per heavy atom. The van der Waals surface area contributed by atoms with Gasteiger partial charge in [0.2, 0.25) is 5.95 Å². The zero-order chi connectivity index (χ0) is 27.3. The second kappa shape index (κ2) is 12.0. The molecule has 1 aromatic heterocycles. The highest BCUT2D eigenvalue weighted by Gasteiger charge is 2.28. The van der Waals surface area contributed by atoms with E-state index < -0.39 is 5.54 Å². The van der Waals surface area contributed by atoms with E-state index in [1.807, 2.05) is 36.9 Å². The Labute approximate surface area is 229 Å². The largest absolute Gasteiger partial charge is 0.369 e. The lowest BCUT2D eigenvalue weighted by Crippen LogP contribution is -2.44. The molecule has 0 unspecified atom stereocenters. The SMILES string of the molecule is CNC(C)(C)/C=C(\C#N)C(=O)N[C@@H]1CCN(c2nc(Nc3ccc(N4CCN(C)CC4)cc3)ncc2Cl)C1. The van der Waals surface area contributed by atoms with Crippen molar-refractivity contribution in [2.24, 2.45) is 0 Å². The molecule has 1 amide bonds. The van der Waals surface area contributed by atoms with E-state index in [1.54, 1.807) is 19.3 Å². The molecule has 0 bridgehead atoms. The van der Waals surface area contributed by atoms with Crippen molar-refractivity contribution >= 4 is 40.6 Å². The number of halogens is 1. The highest BCUT2D eigenvalue weighted by Crippen LogP contribution is 2.28. The number of aromatic nitrogens is 2. The van der Waals surface area contributed by atoms with Gasteiger partial charge in [0, 0.05) is 62.2 Å². The van der Waals surface area contributed by atoms with E-state index in [2.05, 4.69) is 54.9 Å². The average Bonchev–Trinajstić information content (AvgIpc) is 3.37. The number of carbonyl (C=O) groups excluding carboxylic acids is 1. The van der Waals surface area contributed by atoms with Gasteiger partial charge in [0.05, 0.1) is 6.20 Å². The maximum atomic E-state index is 12.7. The Balaban J connectivity index is 1.38. The van der Waals surface area contributed by atoms with Gasteiger partial charge < -0.3 is 30.7 Å². The van der Waals surface area contributed by atoms with E-state index in [1.165, 1.54) is 5.69 Å². The van der Waals surface area contributed by atoms with Crippen molar-refractivity contribution in [3.05, 3.63) is 47.1 Å². The summed E-state index contributed by atoms with van der Waals surface area (Å²) in [5.41, 5.74) is 1.72. The van der Waals surface area contributed by atoms with Gasteiger partial charge in [-0.05, 0) is 64.7 Å². The van der Waals surface area contributed by atoms with Crippen molar-refractivity contribution in [1.82, 2.24) is 25.5 Å². The standard InChI is InChI=1S/C27H36ClN9O/c1-27(2,30-3)15-19(16-29)25(38)32-21-9-10-37(18-21)24-23(28)17-31-26(34-24)33-20-5-7-22(8-6-20)36-13-11-35(4)12-14-36/h5-8,15,17,21,30H,9-14,18H2,1-4H3,(H,32,38)(H,31,33,34)/b19-15+/t21-/m1/s1. The van der Waals surface area contributed by atoms with Gasteiger partial charge in [-0.1, -0.05) is 11.6 Å². The minimum atomic E-state index is -0.465. The van der Waals surface area contributed by atoms with Crippen molar-refractivity contribution in [2.45, 2.75) is 31.8 Å². The molecule has 0 radical (unpaired) electrons. The van der Waals surface area contributed by atoms with E-state index in [4.69, 9.17) is 11.6 Å². The topological polar surface area (TPSA) is 112 Å². The third-order valence-electron chi connectivity index (χ3n) is 7.06. The summed E-state index contributed by atoms with van der Waals surface area (Å²) in [7, 11) is 3.94. The van der Waals surface area contributed by atoms with Crippen LogP contribution in [0.1, 0.15) is 20.3 Å². The van der Waals surface area contributed by atoms with Crippen LogP contribution in [0.15, 0.2) is 42.1 Å². The molecule has 0 spiro atoms. The molecule has 202 valence electrons. The molecule has 4 rings (SSSR count). The van der Waals surface area contributed by atoms with Gasteiger partial charge in [-0.3, -0.25) is 4.79 Å². The third kappa shape index (κ3) is 6.92. The molecule has 2 aromatic rings. The van der Waals surface area contributed by atoms with Crippen molar-refractivity contribution in [3.8, 4) is 6.07 Å². The molecule has 0 aliphatic carbocycles.